The van der Waals surface area contributed by atoms with E-state index in [4.69, 9.17) is 11.5 Å². The molecule has 0 heterocycles. The Kier molecular flexibility index (Phi) is 12.6. The van der Waals surface area contributed by atoms with E-state index in [9.17, 15) is 48.5 Å². The number of nitrogens with two attached hydrogens (primary N) is 2. The number of Topliss-reactive ketones (excluding diaryl/α,β-unsaturated/α-hetero) is 2. The first-order valence-electron chi connectivity index (χ1n) is 14.4. The van der Waals surface area contributed by atoms with Gasteiger partial charge >= 0.3 is 59.1 Å². The van der Waals surface area contributed by atoms with Crippen LogP contribution < -0.4 is 81.4 Å². The summed E-state index contributed by atoms with van der Waals surface area (Å²) in [5.41, 5.74) is 16.8. The minimum absolute atomic E-state index is 0. The van der Waals surface area contributed by atoms with Gasteiger partial charge in [0.1, 0.15) is 30.9 Å². The zero-order valence-electron chi connectivity index (χ0n) is 28.0. The third kappa shape index (κ3) is 8.91. The van der Waals surface area contributed by atoms with E-state index in [-0.39, 0.29) is 92.7 Å². The molecule has 6 rings (SSSR count). The Bertz CT molecular complexity index is 2700. The average molecular weight is 809 g/mol. The second-order valence-corrected chi connectivity index (χ2v) is 15.3. The Labute approximate surface area is 352 Å². The van der Waals surface area contributed by atoms with E-state index in [0.717, 1.165) is 24.3 Å². The van der Waals surface area contributed by atoms with Gasteiger partial charge in [0.05, 0.1) is 26.7 Å². The van der Waals surface area contributed by atoms with Crippen LogP contribution in [0.1, 0.15) is 31.8 Å². The molecule has 0 atom stereocenters. The SMILES string of the molecule is Nc1ccc2c(c1)C(=O)/C(=N\Nc1ccc(-c3ccc(N/N=C4/C(=O)c5c(N)cc(S(=O)(=O)[O-])cc5C=C4S(=O)(=O)O)cc3)cc1)C(S(=O)(=O)[O-])=C2.[Na+].[Na+]. The van der Waals surface area contributed by atoms with Gasteiger partial charge in [-0.15, -0.1) is 0 Å². The summed E-state index contributed by atoms with van der Waals surface area (Å²) in [5, 5.41) is 7.79. The van der Waals surface area contributed by atoms with E-state index in [1.807, 2.05) is 0 Å². The number of nitrogens with zero attached hydrogens (tertiary/aromatic N) is 2. The minimum atomic E-state index is -5.08. The molecule has 22 heteroatoms. The van der Waals surface area contributed by atoms with Crippen LogP contribution in [0, 0.1) is 0 Å². The first-order chi connectivity index (χ1) is 24.3. The van der Waals surface area contributed by atoms with Crippen molar-refractivity contribution in [1.29, 1.82) is 0 Å². The van der Waals surface area contributed by atoms with Gasteiger partial charge in [0, 0.05) is 16.9 Å². The van der Waals surface area contributed by atoms with Gasteiger partial charge in [-0.05, 0) is 82.9 Å². The summed E-state index contributed by atoms with van der Waals surface area (Å²) < 4.78 is 104. The Morgan fingerprint density at radius 2 is 1.11 bits per heavy atom. The van der Waals surface area contributed by atoms with Crippen LogP contribution in [-0.2, 0) is 30.4 Å². The number of carbonyl (C=O) groups excluding carboxylic acids is 2. The maximum Gasteiger partial charge on any atom is 1.00 e. The van der Waals surface area contributed by atoms with Crippen molar-refractivity contribution in [3.63, 3.8) is 0 Å². The minimum Gasteiger partial charge on any atom is -0.744 e. The Balaban J connectivity index is 0.00000325. The average Bonchev–Trinajstić information content (AvgIpc) is 3.06. The summed E-state index contributed by atoms with van der Waals surface area (Å²) in [6.45, 7) is 0. The van der Waals surface area contributed by atoms with Crippen molar-refractivity contribution >= 4 is 88.2 Å². The van der Waals surface area contributed by atoms with Gasteiger partial charge in [0.2, 0.25) is 11.6 Å². The Morgan fingerprint density at radius 1 is 0.611 bits per heavy atom. The third-order valence-corrected chi connectivity index (χ3v) is 10.3. The molecule has 7 N–H and O–H groups in total. The molecular weight excluding hydrogens is 787 g/mol. The molecule has 0 spiro atoms. The van der Waals surface area contributed by atoms with E-state index < -0.39 is 73.7 Å². The smallest absolute Gasteiger partial charge is 0.744 e. The first kappa shape index (κ1) is 42.7. The number of carbonyl (C=O) groups is 2. The van der Waals surface area contributed by atoms with Gasteiger partial charge in [0.25, 0.3) is 10.1 Å². The molecule has 2 aliphatic rings. The van der Waals surface area contributed by atoms with Gasteiger partial charge in [-0.3, -0.25) is 25.0 Å². The van der Waals surface area contributed by atoms with Crippen LogP contribution in [0.15, 0.2) is 104 Å². The van der Waals surface area contributed by atoms with Gasteiger partial charge in [-0.1, -0.05) is 30.3 Å². The molecule has 17 nitrogen and oxygen atoms in total. The van der Waals surface area contributed by atoms with Crippen molar-refractivity contribution in [2.45, 2.75) is 4.90 Å². The van der Waals surface area contributed by atoms with Gasteiger partial charge in [0.15, 0.2) is 5.71 Å². The van der Waals surface area contributed by atoms with Crippen LogP contribution in [0.3, 0.4) is 0 Å². The van der Waals surface area contributed by atoms with Crippen molar-refractivity contribution < 1.29 is 108 Å². The molecule has 266 valence electrons. The number of hydrazone groups is 2. The number of fused-ring (bicyclic) bond motifs is 2. The standard InChI is InChI=1S/C32H24N6O11S3.2Na/c33-20-6-1-18-12-26(51(44,45)46)29(31(39)24(18)14-20)37-35-21-7-2-16(3-8-21)17-4-9-22(10-5-17)36-38-30-27(52(47,48)49)13-19-11-23(50(41,42)43)15-25(34)28(19)32(30)40;;/h1-15,35-36H,33-34H2,(H,41,42,43)(H,44,45,46)(H,47,48,49);;/q;2*+1/p-2/b37-29-,38-30+;;. The van der Waals surface area contributed by atoms with Gasteiger partial charge < -0.3 is 20.6 Å². The third-order valence-electron chi connectivity index (χ3n) is 7.72. The summed E-state index contributed by atoms with van der Waals surface area (Å²) in [5.74, 6) is -1.87. The van der Waals surface area contributed by atoms with Gasteiger partial charge in [-0.25, -0.2) is 16.8 Å². The predicted molar refractivity (Wildman–Crippen MR) is 190 cm³/mol. The maximum atomic E-state index is 13.2. The van der Waals surface area contributed by atoms with Crippen LogP contribution >= 0.6 is 0 Å². The second kappa shape index (κ2) is 16.0. The van der Waals surface area contributed by atoms with Crippen LogP contribution in [0.25, 0.3) is 23.3 Å². The van der Waals surface area contributed by atoms with Crippen LogP contribution in [0.5, 0.6) is 0 Å². The molecule has 0 aromatic heterocycles. The quantitative estimate of drug-likeness (QED) is 0.0509. The number of nitrogen functional groups attached to an aromatic ring is 2. The number of hydrogen-bond acceptors (Lipinski definition) is 16. The number of rotatable bonds is 8. The Hall–Kier alpha value is -4.03. The normalized spacial score (nSPS) is 15.6. The molecule has 0 unspecified atom stereocenters. The number of ketones is 2. The molecule has 4 aromatic rings. The zero-order chi connectivity index (χ0) is 37.7. The molecule has 0 fully saturated rings. The zero-order valence-corrected chi connectivity index (χ0v) is 34.4. The van der Waals surface area contributed by atoms with Crippen molar-refractivity contribution in [1.82, 2.24) is 0 Å². The van der Waals surface area contributed by atoms with E-state index >= 15 is 0 Å². The summed E-state index contributed by atoms with van der Waals surface area (Å²) in [4.78, 5) is 23.7. The fraction of sp³-hybridized carbons (Fsp3) is 0. The number of allylic oxidation sites excluding steroid dienone is 2. The number of hydrogen-bond donors (Lipinski definition) is 5. The fourth-order valence-electron chi connectivity index (χ4n) is 5.28. The van der Waals surface area contributed by atoms with Crippen LogP contribution in [0.4, 0.5) is 22.7 Å². The van der Waals surface area contributed by atoms with E-state index in [1.165, 1.54) is 30.3 Å². The summed E-state index contributed by atoms with van der Waals surface area (Å²) >= 11 is 0. The summed E-state index contributed by atoms with van der Waals surface area (Å²) in [7, 11) is -15.2. The van der Waals surface area contributed by atoms with Crippen molar-refractivity contribution in [2.24, 2.45) is 10.2 Å². The molecule has 54 heavy (non-hydrogen) atoms. The molecule has 0 aliphatic heterocycles. The molecule has 0 radical (unpaired) electrons. The summed E-state index contributed by atoms with van der Waals surface area (Å²) in [6, 6.07) is 18.6. The first-order valence-corrected chi connectivity index (χ1v) is 18.7. The van der Waals surface area contributed by atoms with Gasteiger partial charge in [-0.2, -0.15) is 18.6 Å². The van der Waals surface area contributed by atoms with Crippen molar-refractivity contribution in [2.75, 3.05) is 22.3 Å². The second-order valence-electron chi connectivity index (χ2n) is 11.2. The fourth-order valence-corrected chi connectivity index (χ4v) is 7.13. The molecule has 4 aromatic carbocycles. The molecule has 2 aliphatic carbocycles. The van der Waals surface area contributed by atoms with Crippen LogP contribution in [0.2, 0.25) is 0 Å². The van der Waals surface area contributed by atoms with Crippen molar-refractivity contribution in [3.05, 3.63) is 111 Å². The topological polar surface area (TPSA) is 304 Å². The summed E-state index contributed by atoms with van der Waals surface area (Å²) in [6.07, 6.45) is 1.83. The molecule has 0 amide bonds. The van der Waals surface area contributed by atoms with Crippen molar-refractivity contribution in [3.8, 4) is 11.1 Å². The van der Waals surface area contributed by atoms with E-state index in [0.29, 0.717) is 16.8 Å². The number of anilines is 4. The number of nitrogens with one attached hydrogen (secondary N) is 2. The van der Waals surface area contributed by atoms with Crippen LogP contribution in [-0.4, -0.2) is 61.9 Å². The molecule has 0 bridgehead atoms. The monoisotopic (exact) mass is 808 g/mol. The van der Waals surface area contributed by atoms with E-state index in [2.05, 4.69) is 21.1 Å². The van der Waals surface area contributed by atoms with E-state index in [1.54, 1.807) is 36.4 Å². The molecule has 0 saturated carbocycles. The Morgan fingerprint density at radius 3 is 1.59 bits per heavy atom. The molecular formula is C32H22N6Na2O11S3. The largest absolute Gasteiger partial charge is 1.00 e. The predicted octanol–water partition coefficient (Wildman–Crippen LogP) is -3.13. The molecule has 0 saturated heterocycles. The number of benzene rings is 4. The maximum absolute atomic E-state index is 13.2.